The molecule has 31 heavy (non-hydrogen) atoms. The molecule has 3 heterocycles. The van der Waals surface area contributed by atoms with E-state index in [1.165, 1.54) is 17.7 Å². The Morgan fingerprint density at radius 1 is 1.03 bits per heavy atom. The number of ether oxygens (including phenoxy) is 2. The lowest BCUT2D eigenvalue weighted by molar-refractivity contribution is 0.170. The summed E-state index contributed by atoms with van der Waals surface area (Å²) in [4.78, 5) is 15.3. The molecule has 2 aliphatic rings. The molecule has 0 aliphatic carbocycles. The lowest BCUT2D eigenvalue weighted by atomic mass is 10.0. The van der Waals surface area contributed by atoms with Crippen LogP contribution in [0.3, 0.4) is 0 Å². The quantitative estimate of drug-likeness (QED) is 0.645. The maximum Gasteiger partial charge on any atom is 0.232 e. The van der Waals surface area contributed by atoms with E-state index in [-0.39, 0.29) is 17.8 Å². The zero-order valence-electron chi connectivity index (χ0n) is 16.9. The van der Waals surface area contributed by atoms with Crippen molar-refractivity contribution < 1.29 is 13.9 Å². The second-order valence-corrected chi connectivity index (χ2v) is 7.60. The first kappa shape index (κ1) is 19.5. The molecule has 1 aromatic heterocycles. The van der Waals surface area contributed by atoms with Crippen molar-refractivity contribution in [3.63, 3.8) is 0 Å². The molecule has 0 saturated carbocycles. The minimum absolute atomic E-state index is 0.143. The molecule has 1 unspecified atom stereocenters. The minimum Gasteiger partial charge on any atom is -0.486 e. The summed E-state index contributed by atoms with van der Waals surface area (Å²) in [6, 6.07) is 12.4. The van der Waals surface area contributed by atoms with Gasteiger partial charge in [0.1, 0.15) is 24.9 Å². The summed E-state index contributed by atoms with van der Waals surface area (Å²) < 4.78 is 24.5. The van der Waals surface area contributed by atoms with Crippen LogP contribution in [0.5, 0.6) is 11.5 Å². The van der Waals surface area contributed by atoms with Crippen molar-refractivity contribution in [2.75, 3.05) is 30.8 Å². The molecule has 3 N–H and O–H groups in total. The number of halogens is 1. The molecule has 9 heteroatoms. The Morgan fingerprint density at radius 3 is 2.68 bits per heavy atom. The van der Waals surface area contributed by atoms with Gasteiger partial charge in [-0.3, -0.25) is 4.90 Å². The van der Waals surface area contributed by atoms with E-state index in [9.17, 15) is 4.39 Å². The van der Waals surface area contributed by atoms with E-state index in [2.05, 4.69) is 37.3 Å². The Morgan fingerprint density at radius 2 is 1.84 bits per heavy atom. The highest BCUT2D eigenvalue weighted by Gasteiger charge is 2.28. The Bertz CT molecular complexity index is 1080. The largest absolute Gasteiger partial charge is 0.486 e. The third-order valence-electron chi connectivity index (χ3n) is 5.46. The van der Waals surface area contributed by atoms with Gasteiger partial charge in [-0.1, -0.05) is 6.07 Å². The average Bonchev–Trinajstić information content (AvgIpc) is 3.22. The Balaban J connectivity index is 1.34. The number of nitrogens with two attached hydrogens (primary N) is 1. The second kappa shape index (κ2) is 8.35. The van der Waals surface area contributed by atoms with Crippen LogP contribution in [0.25, 0.3) is 0 Å². The monoisotopic (exact) mass is 422 g/mol. The molecule has 0 radical (unpaired) electrons. The molecular weight excluding hydrogens is 399 g/mol. The Hall–Kier alpha value is -3.46. The zero-order chi connectivity index (χ0) is 21.2. The predicted molar refractivity (Wildman–Crippen MR) is 114 cm³/mol. The van der Waals surface area contributed by atoms with E-state index >= 15 is 0 Å². The maximum atomic E-state index is 13.1. The molecule has 0 amide bonds. The molecule has 1 saturated heterocycles. The van der Waals surface area contributed by atoms with Crippen molar-refractivity contribution in [3.05, 3.63) is 59.7 Å². The first-order valence-electron chi connectivity index (χ1n) is 10.3. The maximum absolute atomic E-state index is 13.1. The molecule has 8 nitrogen and oxygen atoms in total. The highest BCUT2D eigenvalue weighted by molar-refractivity contribution is 5.53. The van der Waals surface area contributed by atoms with Gasteiger partial charge in [-0.15, -0.1) is 0 Å². The molecule has 160 valence electrons. The van der Waals surface area contributed by atoms with E-state index in [1.807, 2.05) is 6.07 Å². The van der Waals surface area contributed by atoms with E-state index < -0.39 is 0 Å². The van der Waals surface area contributed by atoms with Crippen LogP contribution in [0, 0.1) is 5.82 Å². The molecule has 3 aromatic rings. The molecule has 2 aliphatic heterocycles. The standard InChI is InChI=1S/C22H23FN6O2/c23-15-4-6-16(7-5-15)25-22-27-20(26-21(24)28-22)13-29-9-1-2-17(29)14-3-8-18-19(12-14)31-11-10-30-18/h3-8,12,17H,1-2,9-11,13H2,(H3,24,25,26,27,28). The van der Waals surface area contributed by atoms with Crippen LogP contribution in [-0.2, 0) is 6.54 Å². The number of aromatic nitrogens is 3. The zero-order valence-corrected chi connectivity index (χ0v) is 16.9. The molecular formula is C22H23FN6O2. The van der Waals surface area contributed by atoms with Gasteiger partial charge in [0, 0.05) is 11.7 Å². The smallest absolute Gasteiger partial charge is 0.232 e. The predicted octanol–water partition coefficient (Wildman–Crippen LogP) is 3.44. The van der Waals surface area contributed by atoms with Gasteiger partial charge in [-0.05, 0) is 61.3 Å². The SMILES string of the molecule is Nc1nc(CN2CCCC2c2ccc3c(c2)OCCO3)nc(Nc2ccc(F)cc2)n1. The van der Waals surface area contributed by atoms with Crippen molar-refractivity contribution in [2.45, 2.75) is 25.4 Å². The summed E-state index contributed by atoms with van der Waals surface area (Å²) in [5.74, 6) is 2.35. The minimum atomic E-state index is -0.305. The van der Waals surface area contributed by atoms with Gasteiger partial charge < -0.3 is 20.5 Å². The third kappa shape index (κ3) is 4.36. The average molecular weight is 422 g/mol. The Labute approximate surface area is 179 Å². The number of benzene rings is 2. The topological polar surface area (TPSA) is 98.4 Å². The van der Waals surface area contributed by atoms with Gasteiger partial charge in [0.05, 0.1) is 6.54 Å². The van der Waals surface area contributed by atoms with Crippen LogP contribution < -0.4 is 20.5 Å². The van der Waals surface area contributed by atoms with Crippen LogP contribution in [-0.4, -0.2) is 39.6 Å². The van der Waals surface area contributed by atoms with E-state index in [0.29, 0.717) is 37.2 Å². The van der Waals surface area contributed by atoms with Crippen molar-refractivity contribution in [1.29, 1.82) is 0 Å². The van der Waals surface area contributed by atoms with Crippen LogP contribution in [0.1, 0.15) is 30.3 Å². The van der Waals surface area contributed by atoms with E-state index in [4.69, 9.17) is 15.2 Å². The number of hydrogen-bond donors (Lipinski definition) is 2. The number of nitrogen functional groups attached to an aromatic ring is 1. The van der Waals surface area contributed by atoms with Crippen LogP contribution in [0.2, 0.25) is 0 Å². The summed E-state index contributed by atoms with van der Waals surface area (Å²) in [5.41, 5.74) is 7.79. The highest BCUT2D eigenvalue weighted by atomic mass is 19.1. The lowest BCUT2D eigenvalue weighted by Gasteiger charge is -2.26. The van der Waals surface area contributed by atoms with Gasteiger partial charge in [0.2, 0.25) is 11.9 Å². The molecule has 0 bridgehead atoms. The van der Waals surface area contributed by atoms with Crippen molar-refractivity contribution in [1.82, 2.24) is 19.9 Å². The summed E-state index contributed by atoms with van der Waals surface area (Å²) in [5, 5.41) is 3.06. The van der Waals surface area contributed by atoms with Gasteiger partial charge in [-0.25, -0.2) is 4.39 Å². The van der Waals surface area contributed by atoms with E-state index in [0.717, 1.165) is 30.9 Å². The summed E-state index contributed by atoms with van der Waals surface area (Å²) in [7, 11) is 0. The summed E-state index contributed by atoms with van der Waals surface area (Å²) in [6.07, 6.45) is 2.13. The van der Waals surface area contributed by atoms with Crippen LogP contribution in [0.15, 0.2) is 42.5 Å². The number of nitrogens with one attached hydrogen (secondary N) is 1. The fourth-order valence-electron chi connectivity index (χ4n) is 4.07. The number of anilines is 3. The third-order valence-corrected chi connectivity index (χ3v) is 5.46. The van der Waals surface area contributed by atoms with Gasteiger partial charge in [0.25, 0.3) is 0 Å². The molecule has 0 spiro atoms. The number of rotatable bonds is 5. The first-order chi connectivity index (χ1) is 15.1. The number of nitrogens with zero attached hydrogens (tertiary/aromatic N) is 4. The normalized spacial score (nSPS) is 18.2. The number of likely N-dealkylation sites (tertiary alicyclic amines) is 1. The molecule has 2 aromatic carbocycles. The lowest BCUT2D eigenvalue weighted by Crippen LogP contribution is -2.25. The fraction of sp³-hybridized carbons (Fsp3) is 0.318. The van der Waals surface area contributed by atoms with Gasteiger partial charge in [-0.2, -0.15) is 15.0 Å². The molecule has 1 atom stereocenters. The number of hydrogen-bond acceptors (Lipinski definition) is 8. The second-order valence-electron chi connectivity index (χ2n) is 7.60. The summed E-state index contributed by atoms with van der Waals surface area (Å²) in [6.45, 7) is 2.63. The Kier molecular flexibility index (Phi) is 5.25. The molecule has 1 fully saturated rings. The fourth-order valence-corrected chi connectivity index (χ4v) is 4.07. The highest BCUT2D eigenvalue weighted by Crippen LogP contribution is 2.38. The summed E-state index contributed by atoms with van der Waals surface area (Å²) >= 11 is 0. The van der Waals surface area contributed by atoms with Crippen molar-refractivity contribution in [3.8, 4) is 11.5 Å². The van der Waals surface area contributed by atoms with Gasteiger partial charge in [0.15, 0.2) is 11.5 Å². The first-order valence-corrected chi connectivity index (χ1v) is 10.3. The van der Waals surface area contributed by atoms with Gasteiger partial charge >= 0.3 is 0 Å². The van der Waals surface area contributed by atoms with Crippen LogP contribution in [0.4, 0.5) is 22.0 Å². The van der Waals surface area contributed by atoms with E-state index in [1.54, 1.807) is 12.1 Å². The van der Waals surface area contributed by atoms with Crippen molar-refractivity contribution in [2.24, 2.45) is 0 Å². The van der Waals surface area contributed by atoms with Crippen molar-refractivity contribution >= 4 is 17.6 Å². The molecule has 5 rings (SSSR count). The number of fused-ring (bicyclic) bond motifs is 1. The van der Waals surface area contributed by atoms with Crippen LogP contribution >= 0.6 is 0 Å².